The number of anilines is 1. The van der Waals surface area contributed by atoms with Crippen LogP contribution in [-0.2, 0) is 4.79 Å². The molecule has 2 aromatic carbocycles. The van der Waals surface area contributed by atoms with E-state index in [2.05, 4.69) is 5.32 Å². The summed E-state index contributed by atoms with van der Waals surface area (Å²) in [6.07, 6.45) is -0.659. The molecule has 0 aromatic heterocycles. The minimum atomic E-state index is -0.659. The van der Waals surface area contributed by atoms with Crippen molar-refractivity contribution in [2.45, 2.75) is 20.0 Å². The number of hydrogen-bond donors (Lipinski definition) is 1. The Morgan fingerprint density at radius 1 is 1.05 bits per heavy atom. The number of carbonyl (C=O) groups excluding carboxylic acids is 2. The van der Waals surface area contributed by atoms with E-state index in [9.17, 15) is 9.59 Å². The van der Waals surface area contributed by atoms with E-state index in [4.69, 9.17) is 16.3 Å². The maximum absolute atomic E-state index is 12.1. The Balaban J connectivity index is 1.95. The summed E-state index contributed by atoms with van der Waals surface area (Å²) in [6.45, 7) is 3.16. The second-order valence-electron chi connectivity index (χ2n) is 4.84. The number of rotatable bonds is 5. The minimum absolute atomic E-state index is 0.0164. The van der Waals surface area contributed by atoms with Gasteiger partial charge in [0.1, 0.15) is 5.75 Å². The molecule has 0 unspecified atom stereocenters. The SMILES string of the molecule is CC(=O)c1ccc(NC(=O)[C@@H](C)Oc2ccc(Cl)cc2)cc1. The molecule has 0 saturated carbocycles. The molecule has 2 aromatic rings. The third-order valence-corrected chi connectivity index (χ3v) is 3.31. The average molecular weight is 318 g/mol. The lowest BCUT2D eigenvalue weighted by Gasteiger charge is -2.15. The van der Waals surface area contributed by atoms with Crippen LogP contribution < -0.4 is 10.1 Å². The van der Waals surface area contributed by atoms with Crippen LogP contribution in [0.5, 0.6) is 5.75 Å². The minimum Gasteiger partial charge on any atom is -0.481 e. The highest BCUT2D eigenvalue weighted by Crippen LogP contribution is 2.17. The Hall–Kier alpha value is -2.33. The summed E-state index contributed by atoms with van der Waals surface area (Å²) in [6, 6.07) is 13.5. The van der Waals surface area contributed by atoms with Gasteiger partial charge in [-0.2, -0.15) is 0 Å². The molecule has 0 aliphatic heterocycles. The average Bonchev–Trinajstić information content (AvgIpc) is 2.50. The Morgan fingerprint density at radius 3 is 2.18 bits per heavy atom. The van der Waals surface area contributed by atoms with Crippen molar-refractivity contribution >= 4 is 29.0 Å². The number of benzene rings is 2. The molecule has 0 aliphatic rings. The van der Waals surface area contributed by atoms with E-state index < -0.39 is 6.10 Å². The van der Waals surface area contributed by atoms with E-state index >= 15 is 0 Å². The number of nitrogens with one attached hydrogen (secondary N) is 1. The topological polar surface area (TPSA) is 55.4 Å². The second-order valence-corrected chi connectivity index (χ2v) is 5.27. The highest BCUT2D eigenvalue weighted by Gasteiger charge is 2.15. The van der Waals surface area contributed by atoms with Crippen LogP contribution in [0.25, 0.3) is 0 Å². The maximum atomic E-state index is 12.1. The first-order chi connectivity index (χ1) is 10.5. The normalized spacial score (nSPS) is 11.6. The van der Waals surface area contributed by atoms with Crippen LogP contribution >= 0.6 is 11.6 Å². The molecule has 5 heteroatoms. The predicted molar refractivity (Wildman–Crippen MR) is 86.6 cm³/mol. The zero-order chi connectivity index (χ0) is 16.1. The molecular weight excluding hydrogens is 302 g/mol. The summed E-state index contributed by atoms with van der Waals surface area (Å²) in [5, 5.41) is 3.34. The van der Waals surface area contributed by atoms with Gasteiger partial charge in [-0.25, -0.2) is 0 Å². The smallest absolute Gasteiger partial charge is 0.265 e. The van der Waals surface area contributed by atoms with E-state index in [1.807, 2.05) is 0 Å². The number of ether oxygens (including phenoxy) is 1. The van der Waals surface area contributed by atoms with Crippen LogP contribution in [0.15, 0.2) is 48.5 Å². The fourth-order valence-corrected chi connectivity index (χ4v) is 1.93. The van der Waals surface area contributed by atoms with Crippen molar-refractivity contribution in [3.05, 3.63) is 59.1 Å². The van der Waals surface area contributed by atoms with Gasteiger partial charge in [0, 0.05) is 16.3 Å². The van der Waals surface area contributed by atoms with Gasteiger partial charge in [-0.05, 0) is 62.4 Å². The first-order valence-corrected chi connectivity index (χ1v) is 7.17. The monoisotopic (exact) mass is 317 g/mol. The van der Waals surface area contributed by atoms with E-state index in [-0.39, 0.29) is 11.7 Å². The number of ketones is 1. The predicted octanol–water partition coefficient (Wildman–Crippen LogP) is 3.95. The van der Waals surface area contributed by atoms with E-state index in [0.717, 1.165) is 0 Å². The molecule has 0 fully saturated rings. The highest BCUT2D eigenvalue weighted by atomic mass is 35.5. The molecular formula is C17H16ClNO3. The number of amides is 1. The molecule has 2 rings (SSSR count). The van der Waals surface area contributed by atoms with Crippen LogP contribution in [0.3, 0.4) is 0 Å². The molecule has 1 amide bonds. The van der Waals surface area contributed by atoms with Crippen molar-refractivity contribution in [2.75, 3.05) is 5.32 Å². The van der Waals surface area contributed by atoms with Gasteiger partial charge in [0.2, 0.25) is 0 Å². The highest BCUT2D eigenvalue weighted by molar-refractivity contribution is 6.30. The second kappa shape index (κ2) is 7.09. The summed E-state index contributed by atoms with van der Waals surface area (Å²) in [5.41, 5.74) is 1.21. The van der Waals surface area contributed by atoms with Crippen molar-refractivity contribution in [1.29, 1.82) is 0 Å². The van der Waals surface area contributed by atoms with Gasteiger partial charge in [0.05, 0.1) is 0 Å². The molecule has 1 N–H and O–H groups in total. The molecule has 0 radical (unpaired) electrons. The molecule has 0 bridgehead atoms. The summed E-state index contributed by atoms with van der Waals surface area (Å²) in [4.78, 5) is 23.3. The zero-order valence-electron chi connectivity index (χ0n) is 12.3. The first-order valence-electron chi connectivity index (χ1n) is 6.80. The summed E-state index contributed by atoms with van der Waals surface area (Å²) >= 11 is 5.79. The largest absolute Gasteiger partial charge is 0.481 e. The quantitative estimate of drug-likeness (QED) is 0.850. The molecule has 22 heavy (non-hydrogen) atoms. The van der Waals surface area contributed by atoms with Gasteiger partial charge in [-0.1, -0.05) is 11.6 Å². The summed E-state index contributed by atoms with van der Waals surface area (Å²) in [5.74, 6) is 0.279. The Kier molecular flexibility index (Phi) is 5.17. The number of Topliss-reactive ketones (excluding diaryl/α,β-unsaturated/α-hetero) is 1. The van der Waals surface area contributed by atoms with Gasteiger partial charge >= 0.3 is 0 Å². The zero-order valence-corrected chi connectivity index (χ0v) is 13.1. The fraction of sp³-hybridized carbons (Fsp3) is 0.176. The molecule has 0 aliphatic carbocycles. The van der Waals surface area contributed by atoms with Crippen LogP contribution in [0, 0.1) is 0 Å². The van der Waals surface area contributed by atoms with Gasteiger partial charge in [0.15, 0.2) is 11.9 Å². The van der Waals surface area contributed by atoms with Gasteiger partial charge in [0.25, 0.3) is 5.91 Å². The van der Waals surface area contributed by atoms with Gasteiger partial charge in [-0.3, -0.25) is 9.59 Å². The van der Waals surface area contributed by atoms with Gasteiger partial charge in [-0.15, -0.1) is 0 Å². The van der Waals surface area contributed by atoms with Crippen molar-refractivity contribution in [2.24, 2.45) is 0 Å². The number of hydrogen-bond acceptors (Lipinski definition) is 3. The Morgan fingerprint density at radius 2 is 1.64 bits per heavy atom. The number of carbonyl (C=O) groups is 2. The van der Waals surface area contributed by atoms with Gasteiger partial charge < -0.3 is 10.1 Å². The van der Waals surface area contributed by atoms with Crippen molar-refractivity contribution < 1.29 is 14.3 Å². The summed E-state index contributed by atoms with van der Waals surface area (Å²) in [7, 11) is 0. The van der Waals surface area contributed by atoms with E-state index in [1.165, 1.54) is 6.92 Å². The van der Waals surface area contributed by atoms with Crippen molar-refractivity contribution in [3.63, 3.8) is 0 Å². The lowest BCUT2D eigenvalue weighted by atomic mass is 10.1. The molecule has 114 valence electrons. The first kappa shape index (κ1) is 16.0. The van der Waals surface area contributed by atoms with Crippen LogP contribution in [0.2, 0.25) is 5.02 Å². The molecule has 0 spiro atoms. The fourth-order valence-electron chi connectivity index (χ4n) is 1.80. The van der Waals surface area contributed by atoms with Crippen LogP contribution in [0.4, 0.5) is 5.69 Å². The van der Waals surface area contributed by atoms with Crippen LogP contribution in [-0.4, -0.2) is 17.8 Å². The summed E-state index contributed by atoms with van der Waals surface area (Å²) < 4.78 is 5.54. The number of halogens is 1. The van der Waals surface area contributed by atoms with E-state index in [1.54, 1.807) is 55.5 Å². The lowest BCUT2D eigenvalue weighted by molar-refractivity contribution is -0.122. The molecule has 1 atom stereocenters. The third kappa shape index (κ3) is 4.33. The lowest BCUT2D eigenvalue weighted by Crippen LogP contribution is -2.30. The Bertz CT molecular complexity index is 665. The maximum Gasteiger partial charge on any atom is 0.265 e. The Labute approximate surface area is 134 Å². The van der Waals surface area contributed by atoms with E-state index in [0.29, 0.717) is 22.0 Å². The molecule has 0 saturated heterocycles. The molecule has 0 heterocycles. The van der Waals surface area contributed by atoms with Crippen molar-refractivity contribution in [3.8, 4) is 5.75 Å². The van der Waals surface area contributed by atoms with Crippen molar-refractivity contribution in [1.82, 2.24) is 0 Å². The third-order valence-electron chi connectivity index (χ3n) is 3.05. The van der Waals surface area contributed by atoms with Crippen LogP contribution in [0.1, 0.15) is 24.2 Å². The molecule has 4 nitrogen and oxygen atoms in total. The standard InChI is InChI=1S/C17H16ClNO3/c1-11(20)13-3-7-15(8-4-13)19-17(21)12(2)22-16-9-5-14(18)6-10-16/h3-10,12H,1-2H3,(H,19,21)/t12-/m1/s1.